The van der Waals surface area contributed by atoms with Crippen molar-refractivity contribution in [1.82, 2.24) is 0 Å². The summed E-state index contributed by atoms with van der Waals surface area (Å²) in [6, 6.07) is 17.4. The van der Waals surface area contributed by atoms with E-state index in [1.54, 1.807) is 0 Å². The molecule has 0 amide bonds. The summed E-state index contributed by atoms with van der Waals surface area (Å²) < 4.78 is 0. The standard InChI is InChI=1S/C18H18BrN/c1-20-13-14-7-2-3-8-15(14)16(10-6-12-19)17-9-4-5-11-18(17)20/h2-5,7-11H,6,12-13H2,1H3. The number of nitrogens with zero attached hydrogens (tertiary/aromatic N) is 1. The van der Waals surface area contributed by atoms with Crippen LogP contribution in [0.3, 0.4) is 0 Å². The number of hydrogen-bond donors (Lipinski definition) is 0. The summed E-state index contributed by atoms with van der Waals surface area (Å²) in [5, 5.41) is 0.997. The summed E-state index contributed by atoms with van der Waals surface area (Å²) >= 11 is 3.53. The maximum atomic E-state index is 3.53. The molecule has 0 unspecified atom stereocenters. The van der Waals surface area contributed by atoms with Gasteiger partial charge in [-0.05, 0) is 29.2 Å². The number of allylic oxidation sites excluding steroid dienone is 1. The van der Waals surface area contributed by atoms with Crippen LogP contribution in [0.1, 0.15) is 23.1 Å². The lowest BCUT2D eigenvalue weighted by Gasteiger charge is -2.19. The molecule has 2 aromatic rings. The molecule has 0 aliphatic carbocycles. The van der Waals surface area contributed by atoms with Crippen LogP contribution in [-0.4, -0.2) is 12.4 Å². The molecular formula is C18H18BrN. The summed E-state index contributed by atoms with van der Waals surface area (Å²) in [5.41, 5.74) is 6.77. The van der Waals surface area contributed by atoms with Gasteiger partial charge in [-0.3, -0.25) is 0 Å². The second kappa shape index (κ2) is 5.84. The second-order valence-corrected chi connectivity index (χ2v) is 5.92. The molecule has 0 aromatic heterocycles. The van der Waals surface area contributed by atoms with E-state index >= 15 is 0 Å². The number of alkyl halides is 1. The van der Waals surface area contributed by atoms with Crippen molar-refractivity contribution in [1.29, 1.82) is 0 Å². The lowest BCUT2D eigenvalue weighted by Crippen LogP contribution is -2.16. The summed E-state index contributed by atoms with van der Waals surface area (Å²) in [6.07, 6.45) is 3.40. The van der Waals surface area contributed by atoms with Crippen molar-refractivity contribution < 1.29 is 0 Å². The van der Waals surface area contributed by atoms with Gasteiger partial charge in [-0.2, -0.15) is 0 Å². The molecule has 1 aliphatic heterocycles. The van der Waals surface area contributed by atoms with Crippen LogP contribution >= 0.6 is 15.9 Å². The highest BCUT2D eigenvalue weighted by molar-refractivity contribution is 9.09. The molecule has 0 saturated heterocycles. The van der Waals surface area contributed by atoms with Crippen molar-refractivity contribution in [2.45, 2.75) is 13.0 Å². The fraction of sp³-hybridized carbons (Fsp3) is 0.222. The molecule has 102 valence electrons. The van der Waals surface area contributed by atoms with Crippen LogP contribution in [0.5, 0.6) is 0 Å². The van der Waals surface area contributed by atoms with Crippen molar-refractivity contribution in [3.05, 3.63) is 71.3 Å². The Morgan fingerprint density at radius 2 is 1.75 bits per heavy atom. The van der Waals surface area contributed by atoms with E-state index in [0.29, 0.717) is 0 Å². The highest BCUT2D eigenvalue weighted by atomic mass is 79.9. The number of benzene rings is 2. The first kappa shape index (κ1) is 13.4. The molecule has 0 radical (unpaired) electrons. The van der Waals surface area contributed by atoms with E-state index in [4.69, 9.17) is 0 Å². The van der Waals surface area contributed by atoms with Gasteiger partial charge < -0.3 is 4.90 Å². The molecular weight excluding hydrogens is 310 g/mol. The van der Waals surface area contributed by atoms with E-state index in [2.05, 4.69) is 82.5 Å². The Hall–Kier alpha value is -1.54. The Balaban J connectivity index is 2.24. The van der Waals surface area contributed by atoms with Crippen molar-refractivity contribution >= 4 is 27.2 Å². The van der Waals surface area contributed by atoms with Crippen LogP contribution in [-0.2, 0) is 6.54 Å². The van der Waals surface area contributed by atoms with Gasteiger partial charge in [-0.25, -0.2) is 0 Å². The monoisotopic (exact) mass is 327 g/mol. The molecule has 20 heavy (non-hydrogen) atoms. The van der Waals surface area contributed by atoms with Crippen molar-refractivity contribution in [3.8, 4) is 0 Å². The van der Waals surface area contributed by atoms with Crippen LogP contribution in [0.4, 0.5) is 5.69 Å². The lowest BCUT2D eigenvalue weighted by atomic mass is 9.94. The zero-order valence-electron chi connectivity index (χ0n) is 11.6. The number of hydrogen-bond acceptors (Lipinski definition) is 1. The van der Waals surface area contributed by atoms with E-state index in [-0.39, 0.29) is 0 Å². The molecule has 1 heterocycles. The molecule has 0 atom stereocenters. The van der Waals surface area contributed by atoms with Gasteiger partial charge in [-0.15, -0.1) is 0 Å². The van der Waals surface area contributed by atoms with Crippen molar-refractivity contribution in [2.24, 2.45) is 0 Å². The third kappa shape index (κ3) is 2.40. The fourth-order valence-electron chi connectivity index (χ4n) is 2.86. The first-order valence-corrected chi connectivity index (χ1v) is 8.08. The van der Waals surface area contributed by atoms with Crippen LogP contribution < -0.4 is 4.90 Å². The SMILES string of the molecule is CN1Cc2ccccc2C(=CCCBr)c2ccccc21. The fourth-order valence-corrected chi connectivity index (χ4v) is 3.09. The number of para-hydroxylation sites is 1. The zero-order valence-corrected chi connectivity index (χ0v) is 13.2. The molecule has 0 N–H and O–H groups in total. The molecule has 2 heteroatoms. The maximum absolute atomic E-state index is 3.53. The third-order valence-corrected chi connectivity index (χ3v) is 4.24. The van der Waals surface area contributed by atoms with Gasteiger partial charge in [0.05, 0.1) is 0 Å². The number of fused-ring (bicyclic) bond motifs is 2. The Labute approximate surface area is 129 Å². The number of anilines is 1. The average molecular weight is 328 g/mol. The molecule has 2 aromatic carbocycles. The van der Waals surface area contributed by atoms with Crippen LogP contribution in [0.15, 0.2) is 54.6 Å². The topological polar surface area (TPSA) is 3.24 Å². The van der Waals surface area contributed by atoms with E-state index in [1.807, 2.05) is 0 Å². The predicted molar refractivity (Wildman–Crippen MR) is 90.5 cm³/mol. The molecule has 0 fully saturated rings. The van der Waals surface area contributed by atoms with Gasteiger partial charge >= 0.3 is 0 Å². The molecule has 0 spiro atoms. The molecule has 0 saturated carbocycles. The smallest absolute Gasteiger partial charge is 0.0446 e. The minimum Gasteiger partial charge on any atom is -0.370 e. The van der Waals surface area contributed by atoms with Crippen LogP contribution in [0.2, 0.25) is 0 Å². The summed E-state index contributed by atoms with van der Waals surface area (Å²) in [4.78, 5) is 2.34. The van der Waals surface area contributed by atoms with Gasteiger partial charge in [-0.1, -0.05) is 64.5 Å². The number of halogens is 1. The number of rotatable bonds is 2. The predicted octanol–water partition coefficient (Wildman–Crippen LogP) is 4.85. The third-order valence-electron chi connectivity index (χ3n) is 3.78. The Bertz CT molecular complexity index is 645. The van der Waals surface area contributed by atoms with E-state index in [0.717, 1.165) is 18.3 Å². The van der Waals surface area contributed by atoms with Gasteiger partial charge in [0.1, 0.15) is 0 Å². The lowest BCUT2D eigenvalue weighted by molar-refractivity contribution is 0.926. The van der Waals surface area contributed by atoms with Crippen LogP contribution in [0.25, 0.3) is 5.57 Å². The second-order valence-electron chi connectivity index (χ2n) is 5.13. The van der Waals surface area contributed by atoms with E-state index < -0.39 is 0 Å². The van der Waals surface area contributed by atoms with Crippen LogP contribution in [0, 0.1) is 0 Å². The van der Waals surface area contributed by atoms with E-state index in [9.17, 15) is 0 Å². The largest absolute Gasteiger partial charge is 0.370 e. The molecule has 1 nitrogen and oxygen atoms in total. The Kier molecular flexibility index (Phi) is 3.93. The Morgan fingerprint density at radius 3 is 2.55 bits per heavy atom. The average Bonchev–Trinajstić information content (AvgIpc) is 2.60. The first-order chi connectivity index (χ1) is 9.81. The minimum absolute atomic E-state index is 0.957. The van der Waals surface area contributed by atoms with E-state index in [1.165, 1.54) is 28.0 Å². The van der Waals surface area contributed by atoms with Gasteiger partial charge in [0.25, 0.3) is 0 Å². The van der Waals surface area contributed by atoms with Gasteiger partial charge in [0.15, 0.2) is 0 Å². The first-order valence-electron chi connectivity index (χ1n) is 6.96. The summed E-state index contributed by atoms with van der Waals surface area (Å²) in [5.74, 6) is 0. The van der Waals surface area contributed by atoms with Crippen molar-refractivity contribution in [2.75, 3.05) is 17.3 Å². The molecule has 3 rings (SSSR count). The highest BCUT2D eigenvalue weighted by Gasteiger charge is 2.19. The summed E-state index contributed by atoms with van der Waals surface area (Å²) in [6.45, 7) is 0.957. The minimum atomic E-state index is 0.957. The van der Waals surface area contributed by atoms with Gasteiger partial charge in [0.2, 0.25) is 0 Å². The normalized spacial score (nSPS) is 15.7. The van der Waals surface area contributed by atoms with Crippen molar-refractivity contribution in [3.63, 3.8) is 0 Å². The summed E-state index contributed by atoms with van der Waals surface area (Å²) in [7, 11) is 2.17. The highest BCUT2D eigenvalue weighted by Crippen LogP contribution is 2.37. The quantitative estimate of drug-likeness (QED) is 0.712. The molecule has 0 bridgehead atoms. The van der Waals surface area contributed by atoms with Gasteiger partial charge in [0, 0.05) is 30.2 Å². The molecule has 1 aliphatic rings. The maximum Gasteiger partial charge on any atom is 0.0446 e. The Morgan fingerprint density at radius 1 is 1.05 bits per heavy atom. The zero-order chi connectivity index (χ0) is 13.9.